The van der Waals surface area contributed by atoms with Crippen LogP contribution >= 0.6 is 0 Å². The van der Waals surface area contributed by atoms with Gasteiger partial charge in [-0.05, 0) is 31.0 Å². The predicted molar refractivity (Wildman–Crippen MR) is 66.1 cm³/mol. The van der Waals surface area contributed by atoms with Crippen molar-refractivity contribution in [1.29, 1.82) is 0 Å². The molecule has 0 aliphatic rings. The van der Waals surface area contributed by atoms with Crippen LogP contribution in [0, 0.1) is 10.1 Å². The lowest BCUT2D eigenvalue weighted by atomic mass is 10.3. The second-order valence-corrected chi connectivity index (χ2v) is 3.70. The molecule has 1 aromatic rings. The van der Waals surface area contributed by atoms with Gasteiger partial charge in [-0.2, -0.15) is 0 Å². The Bertz CT molecular complexity index is 348. The second kappa shape index (κ2) is 6.85. The first-order valence-electron chi connectivity index (χ1n) is 5.83. The van der Waals surface area contributed by atoms with E-state index in [-0.39, 0.29) is 5.82 Å². The van der Waals surface area contributed by atoms with E-state index in [1.807, 2.05) is 0 Å². The van der Waals surface area contributed by atoms with E-state index in [9.17, 15) is 10.1 Å². The summed E-state index contributed by atoms with van der Waals surface area (Å²) in [5.74, 6) is -0.0761. The lowest BCUT2D eigenvalue weighted by Gasteiger charge is -2.17. The minimum Gasteiger partial charge on any atom is -0.377 e. The van der Waals surface area contributed by atoms with Crippen LogP contribution in [0.15, 0.2) is 6.20 Å². The normalized spacial score (nSPS) is 10.8. The van der Waals surface area contributed by atoms with Gasteiger partial charge in [-0.25, -0.2) is 0 Å². The average molecular weight is 241 g/mol. The summed E-state index contributed by atoms with van der Waals surface area (Å²) in [6.07, 6.45) is 2.39. The summed E-state index contributed by atoms with van der Waals surface area (Å²) in [4.78, 5) is 12.4. The summed E-state index contributed by atoms with van der Waals surface area (Å²) in [7, 11) is 0. The Labute approximate surface area is 100 Å². The van der Waals surface area contributed by atoms with Crippen molar-refractivity contribution in [3.8, 4) is 0 Å². The summed E-state index contributed by atoms with van der Waals surface area (Å²) >= 11 is 0. The molecule has 7 heteroatoms. The zero-order valence-corrected chi connectivity index (χ0v) is 10.3. The van der Waals surface area contributed by atoms with Gasteiger partial charge in [0.1, 0.15) is 6.20 Å². The lowest BCUT2D eigenvalue weighted by molar-refractivity contribution is -0.388. The number of nitrogens with one attached hydrogen (secondary N) is 2. The summed E-state index contributed by atoms with van der Waals surface area (Å²) in [6.45, 7) is 8.00. The molecule has 17 heavy (non-hydrogen) atoms. The molecular weight excluding hydrogens is 222 g/mol. The highest BCUT2D eigenvalue weighted by Crippen LogP contribution is 2.19. The highest BCUT2D eigenvalue weighted by molar-refractivity contribution is 5.55. The van der Waals surface area contributed by atoms with E-state index < -0.39 is 4.92 Å². The number of hydrogen-bond donors (Lipinski definition) is 2. The van der Waals surface area contributed by atoms with Crippen LogP contribution in [0.25, 0.3) is 0 Å². The summed E-state index contributed by atoms with van der Waals surface area (Å²) in [6, 6.07) is 0. The van der Waals surface area contributed by atoms with E-state index in [1.54, 1.807) is 0 Å². The molecule has 0 fully saturated rings. The van der Waals surface area contributed by atoms with Crippen LogP contribution in [0.2, 0.25) is 0 Å². The third-order valence-electron chi connectivity index (χ3n) is 2.66. The van der Waals surface area contributed by atoms with Crippen LogP contribution < -0.4 is 5.32 Å². The smallest absolute Gasteiger partial charge is 0.366 e. The maximum absolute atomic E-state index is 10.6. The molecule has 0 bridgehead atoms. The highest BCUT2D eigenvalue weighted by atomic mass is 16.6. The number of rotatable bonds is 8. The van der Waals surface area contributed by atoms with Crippen molar-refractivity contribution in [1.82, 2.24) is 15.1 Å². The van der Waals surface area contributed by atoms with Crippen LogP contribution in [0.5, 0.6) is 0 Å². The van der Waals surface area contributed by atoms with Gasteiger partial charge in [0.05, 0.1) is 0 Å². The zero-order chi connectivity index (χ0) is 12.7. The molecule has 2 N–H and O–H groups in total. The van der Waals surface area contributed by atoms with Gasteiger partial charge in [0, 0.05) is 6.54 Å². The van der Waals surface area contributed by atoms with Crippen LogP contribution in [0.4, 0.5) is 11.5 Å². The number of anilines is 1. The molecule has 0 saturated carbocycles. The topological polar surface area (TPSA) is 87.1 Å². The van der Waals surface area contributed by atoms with Crippen molar-refractivity contribution >= 4 is 11.5 Å². The lowest BCUT2D eigenvalue weighted by Crippen LogP contribution is -2.25. The molecule has 0 amide bonds. The number of nitro groups is 1. The summed E-state index contributed by atoms with van der Waals surface area (Å²) < 4.78 is 0. The maximum atomic E-state index is 10.6. The fraction of sp³-hybridized carbons (Fsp3) is 0.700. The van der Waals surface area contributed by atoms with E-state index in [0.29, 0.717) is 12.2 Å². The number of nitrogens with zero attached hydrogens (tertiary/aromatic N) is 3. The van der Waals surface area contributed by atoms with Crippen LogP contribution in [0.1, 0.15) is 20.3 Å². The Kier molecular flexibility index (Phi) is 5.41. The van der Waals surface area contributed by atoms with E-state index in [0.717, 1.165) is 26.1 Å². The maximum Gasteiger partial charge on any atom is 0.366 e. The SMILES string of the molecule is CCN(CC)CCCNc1cn[nH]c1[N+](=O)[O-]. The summed E-state index contributed by atoms with van der Waals surface area (Å²) in [5.41, 5.74) is 0.453. The Balaban J connectivity index is 2.31. The van der Waals surface area contributed by atoms with E-state index in [2.05, 4.69) is 34.3 Å². The van der Waals surface area contributed by atoms with Gasteiger partial charge >= 0.3 is 5.82 Å². The van der Waals surface area contributed by atoms with Crippen molar-refractivity contribution in [2.45, 2.75) is 20.3 Å². The number of H-pyrrole nitrogens is 1. The standard InChI is InChI=1S/C10H19N5O2/c1-3-14(4-2)7-5-6-11-9-8-12-13-10(9)15(16)17/h8,11H,3-7H2,1-2H3,(H,12,13). The first-order valence-corrected chi connectivity index (χ1v) is 5.83. The molecule has 7 nitrogen and oxygen atoms in total. The molecule has 1 rings (SSSR count). The molecule has 1 aromatic heterocycles. The predicted octanol–water partition coefficient (Wildman–Crippen LogP) is 1.46. The van der Waals surface area contributed by atoms with E-state index >= 15 is 0 Å². The Morgan fingerprint density at radius 2 is 2.24 bits per heavy atom. The molecule has 0 atom stereocenters. The molecule has 0 radical (unpaired) electrons. The van der Waals surface area contributed by atoms with E-state index in [1.165, 1.54) is 6.20 Å². The molecule has 0 aliphatic carbocycles. The highest BCUT2D eigenvalue weighted by Gasteiger charge is 2.13. The first-order chi connectivity index (χ1) is 8.19. The molecule has 0 aliphatic heterocycles. The Hall–Kier alpha value is -1.63. The molecule has 0 spiro atoms. The van der Waals surface area contributed by atoms with Crippen LogP contribution in [-0.2, 0) is 0 Å². The van der Waals surface area contributed by atoms with E-state index in [4.69, 9.17) is 0 Å². The largest absolute Gasteiger partial charge is 0.377 e. The fourth-order valence-electron chi connectivity index (χ4n) is 1.61. The quantitative estimate of drug-likeness (QED) is 0.409. The number of aromatic amines is 1. The number of aromatic nitrogens is 2. The van der Waals surface area contributed by atoms with Crippen molar-refractivity contribution in [2.24, 2.45) is 0 Å². The van der Waals surface area contributed by atoms with Gasteiger partial charge in [-0.1, -0.05) is 18.9 Å². The Morgan fingerprint density at radius 1 is 1.53 bits per heavy atom. The third-order valence-corrected chi connectivity index (χ3v) is 2.66. The van der Waals surface area contributed by atoms with Crippen LogP contribution in [-0.4, -0.2) is 46.2 Å². The van der Waals surface area contributed by atoms with Gasteiger partial charge in [0.15, 0.2) is 5.69 Å². The van der Waals surface area contributed by atoms with Crippen molar-refractivity contribution in [3.05, 3.63) is 16.3 Å². The van der Waals surface area contributed by atoms with Gasteiger partial charge in [-0.15, -0.1) is 5.10 Å². The number of hydrogen-bond acceptors (Lipinski definition) is 5. The third kappa shape index (κ3) is 4.03. The average Bonchev–Trinajstić information content (AvgIpc) is 2.78. The molecule has 0 aromatic carbocycles. The molecule has 0 saturated heterocycles. The minimum atomic E-state index is -0.472. The van der Waals surface area contributed by atoms with Crippen molar-refractivity contribution in [3.63, 3.8) is 0 Å². The van der Waals surface area contributed by atoms with Crippen molar-refractivity contribution < 1.29 is 4.92 Å². The van der Waals surface area contributed by atoms with Gasteiger partial charge in [0.25, 0.3) is 0 Å². The Morgan fingerprint density at radius 3 is 2.82 bits per heavy atom. The molecule has 1 heterocycles. The monoisotopic (exact) mass is 241 g/mol. The van der Waals surface area contributed by atoms with Gasteiger partial charge < -0.3 is 20.3 Å². The van der Waals surface area contributed by atoms with Gasteiger partial charge in [0.2, 0.25) is 0 Å². The van der Waals surface area contributed by atoms with Crippen molar-refractivity contribution in [2.75, 3.05) is 31.5 Å². The molecule has 0 unspecified atom stereocenters. The molecule has 96 valence electrons. The van der Waals surface area contributed by atoms with Gasteiger partial charge in [-0.3, -0.25) is 0 Å². The molecular formula is C10H19N5O2. The second-order valence-electron chi connectivity index (χ2n) is 3.70. The minimum absolute atomic E-state index is 0.0761. The van der Waals surface area contributed by atoms with Crippen LogP contribution in [0.3, 0.4) is 0 Å². The zero-order valence-electron chi connectivity index (χ0n) is 10.3. The fourth-order valence-corrected chi connectivity index (χ4v) is 1.61. The first kappa shape index (κ1) is 13.4. The summed E-state index contributed by atoms with van der Waals surface area (Å²) in [5, 5.41) is 19.6.